The van der Waals surface area contributed by atoms with E-state index in [1.165, 1.54) is 6.92 Å². The van der Waals surface area contributed by atoms with Crippen LogP contribution in [-0.2, 0) is 16.0 Å². The van der Waals surface area contributed by atoms with Gasteiger partial charge in [0.25, 0.3) is 0 Å². The Morgan fingerprint density at radius 2 is 1.67 bits per heavy atom. The molecule has 4 heteroatoms. The molecule has 2 rings (SSSR count). The Bertz CT molecular complexity index is 698. The Morgan fingerprint density at radius 3 is 2.29 bits per heavy atom. The van der Waals surface area contributed by atoms with Crippen molar-refractivity contribution in [3.8, 4) is 0 Å². The monoisotopic (exact) mass is 324 g/mol. The van der Waals surface area contributed by atoms with Crippen LogP contribution < -0.4 is 5.32 Å². The first-order valence-electron chi connectivity index (χ1n) is 8.22. The van der Waals surface area contributed by atoms with Gasteiger partial charge in [-0.05, 0) is 30.5 Å². The van der Waals surface area contributed by atoms with Crippen LogP contribution in [-0.4, -0.2) is 23.3 Å². The summed E-state index contributed by atoms with van der Waals surface area (Å²) in [6.45, 7) is 5.50. The maximum atomic E-state index is 12.4. The summed E-state index contributed by atoms with van der Waals surface area (Å²) in [6.07, 6.45) is 0.841. The molecule has 0 bridgehead atoms. The van der Waals surface area contributed by atoms with Crippen molar-refractivity contribution in [1.82, 2.24) is 4.90 Å². The Labute approximate surface area is 143 Å². The van der Waals surface area contributed by atoms with Gasteiger partial charge in [0, 0.05) is 12.6 Å². The van der Waals surface area contributed by atoms with E-state index in [-0.39, 0.29) is 24.4 Å². The van der Waals surface area contributed by atoms with E-state index in [0.717, 1.165) is 23.2 Å². The van der Waals surface area contributed by atoms with Gasteiger partial charge < -0.3 is 10.2 Å². The van der Waals surface area contributed by atoms with Gasteiger partial charge in [0.2, 0.25) is 11.8 Å². The molecule has 1 unspecified atom stereocenters. The average molecular weight is 324 g/mol. The van der Waals surface area contributed by atoms with Crippen molar-refractivity contribution in [2.45, 2.75) is 33.2 Å². The predicted molar refractivity (Wildman–Crippen MR) is 96.7 cm³/mol. The molecule has 0 saturated carbocycles. The third-order valence-corrected chi connectivity index (χ3v) is 4.14. The van der Waals surface area contributed by atoms with Gasteiger partial charge in [-0.2, -0.15) is 0 Å². The standard InChI is InChI=1S/C20H24N2O2/c1-4-17-10-8-9-13-19(17)21-20(24)14-22(16(3)23)15(2)18-11-6-5-7-12-18/h5-13,15H,4,14H2,1-3H3,(H,21,24). The lowest BCUT2D eigenvalue weighted by Crippen LogP contribution is -2.38. The number of rotatable bonds is 6. The highest BCUT2D eigenvalue weighted by Crippen LogP contribution is 2.20. The Balaban J connectivity index is 2.10. The third-order valence-electron chi connectivity index (χ3n) is 4.14. The molecule has 0 aliphatic rings. The summed E-state index contributed by atoms with van der Waals surface area (Å²) in [5.41, 5.74) is 2.90. The van der Waals surface area contributed by atoms with E-state index in [0.29, 0.717) is 0 Å². The molecular formula is C20H24N2O2. The zero-order chi connectivity index (χ0) is 17.5. The summed E-state index contributed by atoms with van der Waals surface area (Å²) in [5, 5.41) is 2.92. The number of carbonyl (C=O) groups excluding carboxylic acids is 2. The lowest BCUT2D eigenvalue weighted by Gasteiger charge is -2.28. The molecular weight excluding hydrogens is 300 g/mol. The first-order valence-corrected chi connectivity index (χ1v) is 8.22. The van der Waals surface area contributed by atoms with E-state index in [4.69, 9.17) is 0 Å². The molecule has 0 aliphatic heterocycles. The zero-order valence-corrected chi connectivity index (χ0v) is 14.5. The van der Waals surface area contributed by atoms with E-state index in [9.17, 15) is 9.59 Å². The number of hydrogen-bond acceptors (Lipinski definition) is 2. The smallest absolute Gasteiger partial charge is 0.244 e. The van der Waals surface area contributed by atoms with Crippen LogP contribution in [0.15, 0.2) is 54.6 Å². The Kier molecular flexibility index (Phi) is 6.13. The predicted octanol–water partition coefficient (Wildman–Crippen LogP) is 3.80. The van der Waals surface area contributed by atoms with Gasteiger partial charge in [-0.15, -0.1) is 0 Å². The second-order valence-corrected chi connectivity index (χ2v) is 5.79. The number of para-hydroxylation sites is 1. The molecule has 1 atom stereocenters. The molecule has 0 aliphatic carbocycles. The molecule has 24 heavy (non-hydrogen) atoms. The van der Waals surface area contributed by atoms with E-state index >= 15 is 0 Å². The first-order chi connectivity index (χ1) is 11.5. The summed E-state index contributed by atoms with van der Waals surface area (Å²) in [6, 6.07) is 17.3. The minimum Gasteiger partial charge on any atom is -0.327 e. The van der Waals surface area contributed by atoms with E-state index in [2.05, 4.69) is 5.32 Å². The SMILES string of the molecule is CCc1ccccc1NC(=O)CN(C(C)=O)C(C)c1ccccc1. The van der Waals surface area contributed by atoms with Gasteiger partial charge in [-0.25, -0.2) is 0 Å². The van der Waals surface area contributed by atoms with Gasteiger partial charge in [-0.1, -0.05) is 55.5 Å². The van der Waals surface area contributed by atoms with Gasteiger partial charge in [0.1, 0.15) is 6.54 Å². The molecule has 0 aromatic heterocycles. The van der Waals surface area contributed by atoms with E-state index < -0.39 is 0 Å². The van der Waals surface area contributed by atoms with Crippen molar-refractivity contribution in [3.63, 3.8) is 0 Å². The number of amides is 2. The molecule has 4 nitrogen and oxygen atoms in total. The van der Waals surface area contributed by atoms with Crippen LogP contribution in [0.5, 0.6) is 0 Å². The Hall–Kier alpha value is -2.62. The van der Waals surface area contributed by atoms with Crippen LogP contribution in [0.25, 0.3) is 0 Å². The maximum Gasteiger partial charge on any atom is 0.244 e. The second kappa shape index (κ2) is 8.29. The number of aryl methyl sites for hydroxylation is 1. The molecule has 0 spiro atoms. The molecule has 2 aromatic carbocycles. The topological polar surface area (TPSA) is 49.4 Å². The van der Waals surface area contributed by atoms with Crippen molar-refractivity contribution in [3.05, 3.63) is 65.7 Å². The minimum absolute atomic E-state index is 0.0312. The largest absolute Gasteiger partial charge is 0.327 e. The van der Waals surface area contributed by atoms with Crippen LogP contribution in [0.1, 0.15) is 37.9 Å². The molecule has 1 N–H and O–H groups in total. The highest BCUT2D eigenvalue weighted by molar-refractivity contribution is 5.95. The lowest BCUT2D eigenvalue weighted by molar-refractivity contribution is -0.134. The van der Waals surface area contributed by atoms with Crippen LogP contribution in [0, 0.1) is 0 Å². The van der Waals surface area contributed by atoms with Gasteiger partial charge in [-0.3, -0.25) is 9.59 Å². The number of benzene rings is 2. The maximum absolute atomic E-state index is 12.4. The van der Waals surface area contributed by atoms with Gasteiger partial charge in [0.05, 0.1) is 6.04 Å². The molecule has 2 amide bonds. The highest BCUT2D eigenvalue weighted by Gasteiger charge is 2.21. The molecule has 0 radical (unpaired) electrons. The molecule has 0 heterocycles. The fourth-order valence-electron chi connectivity index (χ4n) is 2.73. The van der Waals surface area contributed by atoms with Gasteiger partial charge in [0.15, 0.2) is 0 Å². The number of anilines is 1. The van der Waals surface area contributed by atoms with Crippen molar-refractivity contribution in [1.29, 1.82) is 0 Å². The summed E-state index contributed by atoms with van der Waals surface area (Å²) in [5.74, 6) is -0.306. The van der Waals surface area contributed by atoms with E-state index in [1.807, 2.05) is 68.4 Å². The van der Waals surface area contributed by atoms with Crippen LogP contribution in [0.4, 0.5) is 5.69 Å². The van der Waals surface area contributed by atoms with Crippen LogP contribution in [0.3, 0.4) is 0 Å². The summed E-state index contributed by atoms with van der Waals surface area (Å²) in [4.78, 5) is 26.0. The number of hydrogen-bond donors (Lipinski definition) is 1. The highest BCUT2D eigenvalue weighted by atomic mass is 16.2. The summed E-state index contributed by atoms with van der Waals surface area (Å²) < 4.78 is 0. The van der Waals surface area contributed by atoms with Crippen LogP contribution in [0.2, 0.25) is 0 Å². The number of carbonyl (C=O) groups is 2. The summed E-state index contributed by atoms with van der Waals surface area (Å²) >= 11 is 0. The molecule has 0 fully saturated rings. The number of nitrogens with zero attached hydrogens (tertiary/aromatic N) is 1. The molecule has 0 saturated heterocycles. The fourth-order valence-corrected chi connectivity index (χ4v) is 2.73. The van der Waals surface area contributed by atoms with Crippen molar-refractivity contribution in [2.24, 2.45) is 0 Å². The summed E-state index contributed by atoms with van der Waals surface area (Å²) in [7, 11) is 0. The number of nitrogens with one attached hydrogen (secondary N) is 1. The minimum atomic E-state index is -0.186. The fraction of sp³-hybridized carbons (Fsp3) is 0.300. The first kappa shape index (κ1) is 17.7. The Morgan fingerprint density at radius 1 is 1.04 bits per heavy atom. The molecule has 2 aromatic rings. The third kappa shape index (κ3) is 4.44. The van der Waals surface area contributed by atoms with Crippen LogP contribution >= 0.6 is 0 Å². The quantitative estimate of drug-likeness (QED) is 0.878. The molecule has 126 valence electrons. The van der Waals surface area contributed by atoms with Crippen molar-refractivity contribution >= 4 is 17.5 Å². The average Bonchev–Trinajstić information content (AvgIpc) is 2.60. The van der Waals surface area contributed by atoms with Gasteiger partial charge >= 0.3 is 0 Å². The lowest BCUT2D eigenvalue weighted by atomic mass is 10.1. The zero-order valence-electron chi connectivity index (χ0n) is 14.5. The van der Waals surface area contributed by atoms with Crippen molar-refractivity contribution in [2.75, 3.05) is 11.9 Å². The van der Waals surface area contributed by atoms with E-state index in [1.54, 1.807) is 4.90 Å². The normalized spacial score (nSPS) is 11.6. The van der Waals surface area contributed by atoms with Crippen molar-refractivity contribution < 1.29 is 9.59 Å². The second-order valence-electron chi connectivity index (χ2n) is 5.79.